The molecule has 1 unspecified atom stereocenters. The third-order valence-electron chi connectivity index (χ3n) is 5.17. The van der Waals surface area contributed by atoms with Gasteiger partial charge in [-0.3, -0.25) is 0 Å². The van der Waals surface area contributed by atoms with Gasteiger partial charge in [-0.05, 0) is 57.1 Å². The van der Waals surface area contributed by atoms with E-state index >= 15 is 0 Å². The molecule has 2 aromatic carbocycles. The highest BCUT2D eigenvalue weighted by Crippen LogP contribution is 2.43. The molecule has 1 aliphatic heterocycles. The molecule has 0 radical (unpaired) electrons. The summed E-state index contributed by atoms with van der Waals surface area (Å²) >= 11 is 0. The standard InChI is InChI=1S/C22H26F2N4O/c1-3-26-21(29)28-22(12-7-13-25-2,16-8-5-4-6-9-16)15-20(27-28)18-14-17(23)10-11-19(18)24/h4-6,8-11,14,25H,3,7,12-13,15H2,1-2H3,(H,26,29). The molecule has 1 aliphatic rings. The summed E-state index contributed by atoms with van der Waals surface area (Å²) in [5, 5.41) is 11.8. The minimum Gasteiger partial charge on any atom is -0.337 e. The molecule has 5 nitrogen and oxygen atoms in total. The van der Waals surface area contributed by atoms with Gasteiger partial charge < -0.3 is 10.6 Å². The summed E-state index contributed by atoms with van der Waals surface area (Å²) in [6.45, 7) is 3.04. The monoisotopic (exact) mass is 400 g/mol. The second kappa shape index (κ2) is 9.13. The number of halogens is 2. The van der Waals surface area contributed by atoms with Crippen molar-refractivity contribution in [2.24, 2.45) is 5.10 Å². The fourth-order valence-corrected chi connectivity index (χ4v) is 3.81. The summed E-state index contributed by atoms with van der Waals surface area (Å²) < 4.78 is 28.3. The normalized spacial score (nSPS) is 18.6. The van der Waals surface area contributed by atoms with Crippen LogP contribution >= 0.6 is 0 Å². The Kier molecular flexibility index (Phi) is 6.59. The van der Waals surface area contributed by atoms with E-state index in [2.05, 4.69) is 15.7 Å². The van der Waals surface area contributed by atoms with Crippen LogP contribution in [0.3, 0.4) is 0 Å². The summed E-state index contributed by atoms with van der Waals surface area (Å²) in [6, 6.07) is 12.6. The average molecular weight is 400 g/mol. The van der Waals surface area contributed by atoms with Gasteiger partial charge in [0.25, 0.3) is 0 Å². The van der Waals surface area contributed by atoms with E-state index in [4.69, 9.17) is 0 Å². The third kappa shape index (κ3) is 4.29. The SMILES string of the molecule is CCNC(=O)N1N=C(c2cc(F)ccc2F)CC1(CCCNC)c1ccccc1. The topological polar surface area (TPSA) is 56.7 Å². The second-order valence-electron chi connectivity index (χ2n) is 7.10. The molecule has 2 N–H and O–H groups in total. The minimum atomic E-state index is -0.772. The van der Waals surface area contributed by atoms with Gasteiger partial charge in [0.15, 0.2) is 0 Å². The summed E-state index contributed by atoms with van der Waals surface area (Å²) in [5.74, 6) is -1.10. The largest absolute Gasteiger partial charge is 0.338 e. The zero-order chi connectivity index (χ0) is 20.9. The summed E-state index contributed by atoms with van der Waals surface area (Å²) in [7, 11) is 1.87. The zero-order valence-corrected chi connectivity index (χ0v) is 16.7. The van der Waals surface area contributed by atoms with Crippen LogP contribution in [0.25, 0.3) is 0 Å². The molecule has 3 rings (SSSR count). The fraction of sp³-hybridized carbons (Fsp3) is 0.364. The van der Waals surface area contributed by atoms with Gasteiger partial charge >= 0.3 is 6.03 Å². The van der Waals surface area contributed by atoms with E-state index in [1.165, 1.54) is 5.01 Å². The lowest BCUT2D eigenvalue weighted by Crippen LogP contribution is -2.48. The highest BCUT2D eigenvalue weighted by Gasteiger charge is 2.47. The molecule has 7 heteroatoms. The first-order chi connectivity index (χ1) is 14.0. The quantitative estimate of drug-likeness (QED) is 0.691. The first-order valence-electron chi connectivity index (χ1n) is 9.83. The third-order valence-corrected chi connectivity index (χ3v) is 5.17. The van der Waals surface area contributed by atoms with Crippen molar-refractivity contribution in [3.63, 3.8) is 0 Å². The number of nitrogens with zero attached hydrogens (tertiary/aromatic N) is 2. The molecule has 1 heterocycles. The van der Waals surface area contributed by atoms with Crippen LogP contribution in [-0.4, -0.2) is 36.9 Å². The molecule has 29 heavy (non-hydrogen) atoms. The number of urea groups is 1. The summed E-state index contributed by atoms with van der Waals surface area (Å²) in [4.78, 5) is 12.9. The first kappa shape index (κ1) is 20.9. The Morgan fingerprint density at radius 3 is 2.66 bits per heavy atom. The van der Waals surface area contributed by atoms with Crippen LogP contribution in [0, 0.1) is 11.6 Å². The molecule has 0 fully saturated rings. The van der Waals surface area contributed by atoms with Crippen molar-refractivity contribution >= 4 is 11.7 Å². The van der Waals surface area contributed by atoms with Crippen LogP contribution in [-0.2, 0) is 5.54 Å². The Bertz CT molecular complexity index is 888. The second-order valence-corrected chi connectivity index (χ2v) is 7.10. The number of hydrogen-bond acceptors (Lipinski definition) is 3. The molecule has 0 saturated heterocycles. The van der Waals surface area contributed by atoms with E-state index in [1.54, 1.807) is 0 Å². The molecule has 0 spiro atoms. The lowest BCUT2D eigenvalue weighted by molar-refractivity contribution is 0.122. The highest BCUT2D eigenvalue weighted by atomic mass is 19.1. The Labute approximate surface area is 169 Å². The summed E-state index contributed by atoms with van der Waals surface area (Å²) in [6.07, 6.45) is 1.72. The van der Waals surface area contributed by atoms with Crippen molar-refractivity contribution in [1.29, 1.82) is 0 Å². The highest BCUT2D eigenvalue weighted by molar-refractivity contribution is 6.04. The van der Waals surface area contributed by atoms with Gasteiger partial charge in [-0.2, -0.15) is 5.10 Å². The van der Waals surface area contributed by atoms with Gasteiger partial charge in [0, 0.05) is 18.5 Å². The molecule has 0 aliphatic carbocycles. The van der Waals surface area contributed by atoms with Crippen molar-refractivity contribution in [1.82, 2.24) is 15.6 Å². The predicted molar refractivity (Wildman–Crippen MR) is 110 cm³/mol. The molecular weight excluding hydrogens is 374 g/mol. The Morgan fingerprint density at radius 2 is 1.97 bits per heavy atom. The Balaban J connectivity index is 2.10. The molecule has 2 aromatic rings. The van der Waals surface area contributed by atoms with Crippen LogP contribution in [0.2, 0.25) is 0 Å². The van der Waals surface area contributed by atoms with Crippen LogP contribution in [0.4, 0.5) is 13.6 Å². The molecule has 154 valence electrons. The minimum absolute atomic E-state index is 0.0886. The predicted octanol–water partition coefficient (Wildman–Crippen LogP) is 4.00. The molecule has 0 aromatic heterocycles. The molecule has 0 saturated carbocycles. The summed E-state index contributed by atoms with van der Waals surface area (Å²) in [5.41, 5.74) is 0.594. The lowest BCUT2D eigenvalue weighted by Gasteiger charge is -2.37. The molecule has 0 bridgehead atoms. The van der Waals surface area contributed by atoms with Gasteiger partial charge in [-0.1, -0.05) is 30.3 Å². The first-order valence-corrected chi connectivity index (χ1v) is 9.83. The number of benzene rings is 2. The smallest absolute Gasteiger partial charge is 0.337 e. The molecule has 1 atom stereocenters. The van der Waals surface area contributed by atoms with Gasteiger partial charge in [0.2, 0.25) is 0 Å². The maximum atomic E-state index is 14.5. The number of carbonyl (C=O) groups is 1. The van der Waals surface area contributed by atoms with E-state index in [0.717, 1.165) is 36.7 Å². The fourth-order valence-electron chi connectivity index (χ4n) is 3.81. The van der Waals surface area contributed by atoms with Gasteiger partial charge in [0.05, 0.1) is 11.3 Å². The van der Waals surface area contributed by atoms with Crippen LogP contribution in [0.1, 0.15) is 37.3 Å². The van der Waals surface area contributed by atoms with Crippen LogP contribution in [0.5, 0.6) is 0 Å². The lowest BCUT2D eigenvalue weighted by atomic mass is 9.80. The average Bonchev–Trinajstić information content (AvgIpc) is 3.12. The Morgan fingerprint density at radius 1 is 1.21 bits per heavy atom. The molecule has 2 amide bonds. The number of carbonyl (C=O) groups excluding carboxylic acids is 1. The Hall–Kier alpha value is -2.80. The van der Waals surface area contributed by atoms with Crippen molar-refractivity contribution in [2.75, 3.05) is 20.1 Å². The zero-order valence-electron chi connectivity index (χ0n) is 16.7. The van der Waals surface area contributed by atoms with Crippen LogP contribution in [0.15, 0.2) is 53.6 Å². The number of amides is 2. The van der Waals surface area contributed by atoms with Gasteiger partial charge in [0.1, 0.15) is 11.6 Å². The van der Waals surface area contributed by atoms with Crippen molar-refractivity contribution in [2.45, 2.75) is 31.7 Å². The van der Waals surface area contributed by atoms with Crippen molar-refractivity contribution in [3.8, 4) is 0 Å². The maximum Gasteiger partial charge on any atom is 0.338 e. The van der Waals surface area contributed by atoms with Crippen molar-refractivity contribution < 1.29 is 13.6 Å². The number of hydrogen-bond donors (Lipinski definition) is 2. The van der Waals surface area contributed by atoms with Crippen molar-refractivity contribution in [3.05, 3.63) is 71.3 Å². The van der Waals surface area contributed by atoms with E-state index < -0.39 is 17.2 Å². The van der Waals surface area contributed by atoms with Gasteiger partial charge in [-0.15, -0.1) is 0 Å². The maximum absolute atomic E-state index is 14.5. The number of hydrazone groups is 1. The van der Waals surface area contributed by atoms with Gasteiger partial charge in [-0.25, -0.2) is 18.6 Å². The molecular formula is C22H26F2N4O. The number of nitrogens with one attached hydrogen (secondary N) is 2. The number of rotatable bonds is 7. The van der Waals surface area contributed by atoms with E-state index in [9.17, 15) is 13.6 Å². The van der Waals surface area contributed by atoms with Crippen LogP contribution < -0.4 is 10.6 Å². The van der Waals surface area contributed by atoms with E-state index in [-0.39, 0.29) is 11.6 Å². The van der Waals surface area contributed by atoms with E-state index in [1.807, 2.05) is 44.3 Å². The van der Waals surface area contributed by atoms with E-state index in [0.29, 0.717) is 25.1 Å².